The van der Waals surface area contributed by atoms with Gasteiger partial charge in [-0.3, -0.25) is 9.59 Å². The van der Waals surface area contributed by atoms with Crippen LogP contribution >= 0.6 is 0 Å². The largest absolute Gasteiger partial charge is 0.295 e. The molecule has 184 valence electrons. The van der Waals surface area contributed by atoms with E-state index in [2.05, 4.69) is 47.6 Å². The van der Waals surface area contributed by atoms with E-state index in [1.165, 1.54) is 24.8 Å². The predicted molar refractivity (Wildman–Crippen MR) is 135 cm³/mol. The Bertz CT molecular complexity index is 1090. The zero-order valence-corrected chi connectivity index (χ0v) is 22.6. The average molecular weight is 462 g/mol. The third kappa shape index (κ3) is 2.75. The van der Waals surface area contributed by atoms with Crippen molar-refractivity contribution < 1.29 is 9.59 Å². The van der Waals surface area contributed by atoms with E-state index in [1.54, 1.807) is 0 Å². The summed E-state index contributed by atoms with van der Waals surface area (Å²) in [7, 11) is 0. The quantitative estimate of drug-likeness (QED) is 0.382. The molecule has 0 bridgehead atoms. The molecule has 5 rings (SSSR count). The van der Waals surface area contributed by atoms with Crippen LogP contribution in [0.2, 0.25) is 0 Å². The zero-order valence-electron chi connectivity index (χ0n) is 22.6. The van der Waals surface area contributed by atoms with Crippen LogP contribution in [0, 0.1) is 61.6 Å². The normalized spacial score (nSPS) is 48.9. The number of hydrogen-bond acceptors (Lipinski definition) is 3. The van der Waals surface area contributed by atoms with E-state index in [9.17, 15) is 14.9 Å². The van der Waals surface area contributed by atoms with Crippen LogP contribution in [-0.2, 0) is 9.59 Å². The summed E-state index contributed by atoms with van der Waals surface area (Å²) in [6.45, 7) is 18.3. The third-order valence-electron chi connectivity index (χ3n) is 12.3. The molecule has 0 aromatic rings. The van der Waals surface area contributed by atoms with Crippen LogP contribution in [-0.4, -0.2) is 11.6 Å². The second kappa shape index (κ2) is 6.74. The molecule has 0 radical (unpaired) electrons. The SMILES string of the molecule is CC1(C)CC[C@]2(C)CC[C@]3(C)[C@H](C(=O)C=C4[C@@]5(C)C=C(C#N)C(=O)C(C)(C)C5CC[C@]43C)[C@H]2C1. The van der Waals surface area contributed by atoms with E-state index in [1.807, 2.05) is 26.0 Å². The minimum absolute atomic E-state index is 0.0363. The highest BCUT2D eigenvalue weighted by atomic mass is 16.1. The molecule has 5 aliphatic rings. The maximum absolute atomic E-state index is 14.2. The summed E-state index contributed by atoms with van der Waals surface area (Å²) in [4.78, 5) is 27.4. The van der Waals surface area contributed by atoms with Crippen molar-refractivity contribution in [1.29, 1.82) is 5.26 Å². The van der Waals surface area contributed by atoms with Gasteiger partial charge in [0.25, 0.3) is 0 Å². The first kappa shape index (κ1) is 24.0. The van der Waals surface area contributed by atoms with Gasteiger partial charge in [-0.25, -0.2) is 0 Å². The van der Waals surface area contributed by atoms with E-state index >= 15 is 0 Å². The summed E-state index contributed by atoms with van der Waals surface area (Å²) in [5, 5.41) is 9.83. The van der Waals surface area contributed by atoms with Gasteiger partial charge in [0, 0.05) is 16.7 Å². The molecule has 0 amide bonds. The molecule has 0 aromatic heterocycles. The standard InChI is InChI=1S/C31H43NO2/c1-26(2)11-12-28(5)13-14-31(8)24(20(28)17-26)21(33)15-23-29(6)16-19(18-32)25(34)27(3,4)22(29)9-10-30(23,31)7/h15-16,20,22,24H,9-14,17H2,1-8H3/t20-,22?,24+,28-,29+,30-,31-/m1/s1. The van der Waals surface area contributed by atoms with Crippen molar-refractivity contribution in [1.82, 2.24) is 0 Å². The number of nitrogens with zero attached hydrogens (tertiary/aromatic N) is 1. The Labute approximate surface area is 206 Å². The van der Waals surface area contributed by atoms with Gasteiger partial charge in [-0.1, -0.05) is 67.0 Å². The smallest absolute Gasteiger partial charge is 0.178 e. The summed E-state index contributed by atoms with van der Waals surface area (Å²) < 4.78 is 0. The van der Waals surface area contributed by atoms with Gasteiger partial charge in [-0.05, 0) is 84.5 Å². The number of allylic oxidation sites excluding steroid dienone is 4. The first-order chi connectivity index (χ1) is 15.6. The van der Waals surface area contributed by atoms with E-state index in [0.717, 1.165) is 25.7 Å². The van der Waals surface area contributed by atoms with Gasteiger partial charge in [0.2, 0.25) is 0 Å². The van der Waals surface area contributed by atoms with Crippen LogP contribution < -0.4 is 0 Å². The summed E-state index contributed by atoms with van der Waals surface area (Å²) in [6.07, 6.45) is 11.8. The van der Waals surface area contributed by atoms with Crippen molar-refractivity contribution >= 4 is 11.6 Å². The van der Waals surface area contributed by atoms with Crippen molar-refractivity contribution in [2.24, 2.45) is 50.2 Å². The minimum Gasteiger partial charge on any atom is -0.295 e. The molecule has 0 spiro atoms. The molecule has 3 saturated carbocycles. The molecule has 3 fully saturated rings. The number of carbonyl (C=O) groups excluding carboxylic acids is 2. The van der Waals surface area contributed by atoms with Crippen molar-refractivity contribution in [2.75, 3.05) is 0 Å². The monoisotopic (exact) mass is 461 g/mol. The average Bonchev–Trinajstić information content (AvgIpc) is 2.74. The first-order valence-corrected chi connectivity index (χ1v) is 13.5. The van der Waals surface area contributed by atoms with Crippen LogP contribution in [0.15, 0.2) is 23.3 Å². The van der Waals surface area contributed by atoms with Gasteiger partial charge in [0.05, 0.1) is 5.57 Å². The molecule has 0 aromatic carbocycles. The number of carbonyl (C=O) groups is 2. The second-order valence-electron chi connectivity index (χ2n) is 14.9. The Morgan fingerprint density at radius 1 is 0.912 bits per heavy atom. The van der Waals surface area contributed by atoms with E-state index in [4.69, 9.17) is 0 Å². The lowest BCUT2D eigenvalue weighted by Crippen LogP contribution is -2.64. The molecular formula is C31H43NO2. The van der Waals surface area contributed by atoms with Crippen LogP contribution in [0.5, 0.6) is 0 Å². The zero-order chi connectivity index (χ0) is 25.1. The van der Waals surface area contributed by atoms with Crippen molar-refractivity contribution in [2.45, 2.75) is 100 Å². The number of nitriles is 1. The lowest BCUT2D eigenvalue weighted by Gasteiger charge is -2.69. The Hall–Kier alpha value is -1.69. The number of ketones is 2. The van der Waals surface area contributed by atoms with Crippen molar-refractivity contribution in [3.63, 3.8) is 0 Å². The first-order valence-electron chi connectivity index (χ1n) is 13.5. The Kier molecular flexibility index (Phi) is 4.77. The summed E-state index contributed by atoms with van der Waals surface area (Å²) in [6, 6.07) is 2.20. The van der Waals surface area contributed by atoms with Gasteiger partial charge >= 0.3 is 0 Å². The van der Waals surface area contributed by atoms with E-state index < -0.39 is 10.8 Å². The van der Waals surface area contributed by atoms with Gasteiger partial charge in [-0.2, -0.15) is 5.26 Å². The molecule has 1 unspecified atom stereocenters. The van der Waals surface area contributed by atoms with Crippen LogP contribution in [0.25, 0.3) is 0 Å². The molecule has 0 aliphatic heterocycles. The molecule has 0 heterocycles. The minimum atomic E-state index is -0.601. The second-order valence-corrected chi connectivity index (χ2v) is 14.9. The summed E-state index contributed by atoms with van der Waals surface area (Å²) >= 11 is 0. The fraction of sp³-hybridized carbons (Fsp3) is 0.774. The molecule has 3 heteroatoms. The maximum Gasteiger partial charge on any atom is 0.178 e. The van der Waals surface area contributed by atoms with E-state index in [-0.39, 0.29) is 44.9 Å². The molecule has 7 atom stereocenters. The Balaban J connectivity index is 1.69. The van der Waals surface area contributed by atoms with Gasteiger partial charge in [0.1, 0.15) is 6.07 Å². The van der Waals surface area contributed by atoms with Crippen LogP contribution in [0.4, 0.5) is 0 Å². The molecule has 3 nitrogen and oxygen atoms in total. The molecule has 0 N–H and O–H groups in total. The van der Waals surface area contributed by atoms with Gasteiger partial charge in [0.15, 0.2) is 11.6 Å². The number of fused-ring (bicyclic) bond motifs is 7. The van der Waals surface area contributed by atoms with Gasteiger partial charge in [-0.15, -0.1) is 0 Å². The number of rotatable bonds is 0. The van der Waals surface area contributed by atoms with Crippen molar-refractivity contribution in [3.8, 4) is 6.07 Å². The van der Waals surface area contributed by atoms with Crippen LogP contribution in [0.3, 0.4) is 0 Å². The molecular weight excluding hydrogens is 418 g/mol. The van der Waals surface area contributed by atoms with E-state index in [0.29, 0.717) is 11.7 Å². The fourth-order valence-corrected chi connectivity index (χ4v) is 9.89. The highest BCUT2D eigenvalue weighted by Crippen LogP contribution is 2.74. The number of Topliss-reactive ketones (excluding diaryl/α,β-unsaturated/α-hetero) is 1. The molecule has 34 heavy (non-hydrogen) atoms. The summed E-state index contributed by atoms with van der Waals surface area (Å²) in [5.74, 6) is 0.881. The molecule has 5 aliphatic carbocycles. The Morgan fingerprint density at radius 3 is 2.21 bits per heavy atom. The van der Waals surface area contributed by atoms with Gasteiger partial charge < -0.3 is 0 Å². The summed E-state index contributed by atoms with van der Waals surface area (Å²) in [5.41, 5.74) is 0.785. The lowest BCUT2D eigenvalue weighted by molar-refractivity contribution is -0.168. The maximum atomic E-state index is 14.2. The van der Waals surface area contributed by atoms with Crippen molar-refractivity contribution in [3.05, 3.63) is 23.3 Å². The Morgan fingerprint density at radius 2 is 1.56 bits per heavy atom. The third-order valence-corrected chi connectivity index (χ3v) is 12.3. The predicted octanol–water partition coefficient (Wildman–Crippen LogP) is 7.23. The topological polar surface area (TPSA) is 57.9 Å². The lowest BCUT2D eigenvalue weighted by atomic mass is 9.34. The highest BCUT2D eigenvalue weighted by Gasteiger charge is 2.69. The fourth-order valence-electron chi connectivity index (χ4n) is 9.89. The van der Waals surface area contributed by atoms with Crippen LogP contribution in [0.1, 0.15) is 100 Å². The number of hydrogen-bond donors (Lipinski definition) is 0. The highest BCUT2D eigenvalue weighted by molar-refractivity contribution is 6.04. The molecule has 0 saturated heterocycles.